The summed E-state index contributed by atoms with van der Waals surface area (Å²) in [5, 5.41) is 20.4. The number of aliphatic hydroxyl groups excluding tert-OH is 1. The molecule has 0 unspecified atom stereocenters. The zero-order valence-electron chi connectivity index (χ0n) is 10.4. The maximum atomic E-state index is 8.89. The van der Waals surface area contributed by atoms with Crippen LogP contribution in [0.5, 0.6) is 0 Å². The van der Waals surface area contributed by atoms with Gasteiger partial charge in [-0.1, -0.05) is 0 Å². The third-order valence-corrected chi connectivity index (χ3v) is 2.80. The Labute approximate surface area is 100 Å². The summed E-state index contributed by atoms with van der Waals surface area (Å²) in [5.74, 6) is 0.811. The fourth-order valence-electron chi connectivity index (χ4n) is 1.99. The van der Waals surface area contributed by atoms with Gasteiger partial charge in [0, 0.05) is 18.3 Å². The highest BCUT2D eigenvalue weighted by Crippen LogP contribution is 2.24. The van der Waals surface area contributed by atoms with E-state index in [9.17, 15) is 0 Å². The van der Waals surface area contributed by atoms with Crippen molar-refractivity contribution in [3.63, 3.8) is 0 Å². The highest BCUT2D eigenvalue weighted by molar-refractivity contribution is 5.90. The number of rotatable bonds is 4. The summed E-state index contributed by atoms with van der Waals surface area (Å²) in [6.45, 7) is 6.21. The van der Waals surface area contributed by atoms with Crippen LogP contribution in [0, 0.1) is 13.8 Å². The molecule has 0 radical (unpaired) electrons. The molecule has 5 heteroatoms. The summed E-state index contributed by atoms with van der Waals surface area (Å²) in [4.78, 5) is 4.40. The molecule has 2 aromatic rings. The molecule has 5 nitrogen and oxygen atoms in total. The van der Waals surface area contributed by atoms with Gasteiger partial charge in [0.2, 0.25) is 0 Å². The quantitative estimate of drug-likeness (QED) is 0.753. The van der Waals surface area contributed by atoms with Gasteiger partial charge in [0.25, 0.3) is 0 Å². The number of aliphatic hydroxyl groups is 1. The fourth-order valence-corrected chi connectivity index (χ4v) is 1.99. The molecule has 0 bridgehead atoms. The predicted molar refractivity (Wildman–Crippen MR) is 68.2 cm³/mol. The summed E-state index contributed by atoms with van der Waals surface area (Å²) in [6.07, 6.45) is 0.701. The lowest BCUT2D eigenvalue weighted by Crippen LogP contribution is -2.17. The molecule has 0 amide bonds. The van der Waals surface area contributed by atoms with Crippen LogP contribution < -0.4 is 5.32 Å². The number of fused-ring (bicyclic) bond motifs is 1. The van der Waals surface area contributed by atoms with Crippen LogP contribution >= 0.6 is 0 Å². The summed E-state index contributed by atoms with van der Waals surface area (Å²) in [7, 11) is 0. The van der Waals surface area contributed by atoms with E-state index < -0.39 is 0 Å². The predicted octanol–water partition coefficient (Wildman–Crippen LogP) is 1.76. The zero-order valence-corrected chi connectivity index (χ0v) is 10.4. The van der Waals surface area contributed by atoms with Gasteiger partial charge in [-0.05, 0) is 38.8 Å². The number of aryl methyl sites for hydroxylation is 2. The topological polar surface area (TPSA) is 73.8 Å². The Hall–Kier alpha value is -1.62. The molecule has 0 aliphatic carbocycles. The molecule has 0 saturated carbocycles. The number of hydrogen-bond acceptors (Lipinski definition) is 4. The molecular formula is C12H18N4O. The zero-order chi connectivity index (χ0) is 12.4. The molecule has 0 saturated heterocycles. The summed E-state index contributed by atoms with van der Waals surface area (Å²) >= 11 is 0. The first-order valence-corrected chi connectivity index (χ1v) is 5.81. The number of nitrogens with zero attached hydrogens (tertiary/aromatic N) is 2. The fraction of sp³-hybridized carbons (Fsp3) is 0.500. The van der Waals surface area contributed by atoms with Gasteiger partial charge < -0.3 is 10.4 Å². The highest BCUT2D eigenvalue weighted by Gasteiger charge is 2.12. The second-order valence-corrected chi connectivity index (χ2v) is 4.43. The summed E-state index contributed by atoms with van der Waals surface area (Å²) in [6, 6.07) is 2.23. The lowest BCUT2D eigenvalue weighted by Gasteiger charge is -2.12. The first kappa shape index (κ1) is 11.9. The molecule has 0 fully saturated rings. The van der Waals surface area contributed by atoms with Crippen LogP contribution in [0.2, 0.25) is 0 Å². The molecule has 3 N–H and O–H groups in total. The molecule has 0 aliphatic rings. The normalized spacial score (nSPS) is 12.9. The Balaban J connectivity index is 2.36. The first-order chi connectivity index (χ1) is 8.11. The Morgan fingerprint density at radius 2 is 2.24 bits per heavy atom. The van der Waals surface area contributed by atoms with Crippen molar-refractivity contribution < 1.29 is 5.11 Å². The Kier molecular flexibility index (Phi) is 3.28. The molecule has 0 spiro atoms. The van der Waals surface area contributed by atoms with Crippen LogP contribution in [-0.4, -0.2) is 32.9 Å². The van der Waals surface area contributed by atoms with Crippen LogP contribution in [-0.2, 0) is 0 Å². The number of anilines is 1. The van der Waals surface area contributed by atoms with Crippen LogP contribution in [0.3, 0.4) is 0 Å². The first-order valence-electron chi connectivity index (χ1n) is 5.81. The average Bonchev–Trinajstić information content (AvgIpc) is 2.61. The van der Waals surface area contributed by atoms with Crippen LogP contribution in [0.4, 0.5) is 5.82 Å². The van der Waals surface area contributed by atoms with Crippen molar-refractivity contribution in [2.45, 2.75) is 33.2 Å². The number of hydrogen-bond donors (Lipinski definition) is 3. The Morgan fingerprint density at radius 3 is 2.94 bits per heavy atom. The maximum Gasteiger partial charge on any atom is 0.157 e. The number of pyridine rings is 1. The van der Waals surface area contributed by atoms with E-state index in [1.54, 1.807) is 0 Å². The van der Waals surface area contributed by atoms with Crippen molar-refractivity contribution in [1.29, 1.82) is 0 Å². The van der Waals surface area contributed by atoms with E-state index in [1.807, 2.05) is 19.9 Å². The van der Waals surface area contributed by atoms with E-state index in [4.69, 9.17) is 5.11 Å². The van der Waals surface area contributed by atoms with E-state index in [1.165, 1.54) is 0 Å². The third kappa shape index (κ3) is 2.39. The van der Waals surface area contributed by atoms with E-state index in [0.29, 0.717) is 6.42 Å². The Bertz CT molecular complexity index is 520. The van der Waals surface area contributed by atoms with Crippen molar-refractivity contribution in [3.05, 3.63) is 17.3 Å². The van der Waals surface area contributed by atoms with Crippen LogP contribution in [0.15, 0.2) is 6.07 Å². The largest absolute Gasteiger partial charge is 0.396 e. The van der Waals surface area contributed by atoms with Crippen molar-refractivity contribution >= 4 is 16.9 Å². The van der Waals surface area contributed by atoms with Gasteiger partial charge in [-0.3, -0.25) is 5.10 Å². The number of aromatic nitrogens is 3. The SMILES string of the molecule is Cc1cc(C)c2c(N[C@@H](C)CCO)n[nH]c2n1. The van der Waals surface area contributed by atoms with Gasteiger partial charge in [0.05, 0.1) is 5.39 Å². The van der Waals surface area contributed by atoms with Gasteiger partial charge in [-0.2, -0.15) is 5.10 Å². The smallest absolute Gasteiger partial charge is 0.157 e. The average molecular weight is 234 g/mol. The lowest BCUT2D eigenvalue weighted by molar-refractivity contribution is 0.282. The van der Waals surface area contributed by atoms with Crippen molar-refractivity contribution in [3.8, 4) is 0 Å². The van der Waals surface area contributed by atoms with Gasteiger partial charge in [-0.25, -0.2) is 4.98 Å². The minimum Gasteiger partial charge on any atom is -0.396 e. The van der Waals surface area contributed by atoms with Gasteiger partial charge in [0.15, 0.2) is 11.5 Å². The Morgan fingerprint density at radius 1 is 1.47 bits per heavy atom. The van der Waals surface area contributed by atoms with Gasteiger partial charge in [0.1, 0.15) is 0 Å². The summed E-state index contributed by atoms with van der Waals surface area (Å²) < 4.78 is 0. The van der Waals surface area contributed by atoms with Crippen molar-refractivity contribution in [2.75, 3.05) is 11.9 Å². The number of nitrogens with one attached hydrogen (secondary N) is 2. The van der Waals surface area contributed by atoms with Gasteiger partial charge in [-0.15, -0.1) is 0 Å². The summed E-state index contributed by atoms with van der Waals surface area (Å²) in [5.41, 5.74) is 2.94. The molecule has 2 rings (SSSR count). The van der Waals surface area contributed by atoms with Crippen molar-refractivity contribution in [1.82, 2.24) is 15.2 Å². The minimum atomic E-state index is 0.173. The molecule has 2 aromatic heterocycles. The molecule has 17 heavy (non-hydrogen) atoms. The molecule has 0 aromatic carbocycles. The molecule has 1 atom stereocenters. The van der Waals surface area contributed by atoms with Gasteiger partial charge >= 0.3 is 0 Å². The van der Waals surface area contributed by atoms with Crippen molar-refractivity contribution in [2.24, 2.45) is 0 Å². The molecule has 2 heterocycles. The highest BCUT2D eigenvalue weighted by atomic mass is 16.3. The second kappa shape index (κ2) is 4.71. The number of aromatic amines is 1. The minimum absolute atomic E-state index is 0.173. The monoisotopic (exact) mass is 234 g/mol. The van der Waals surface area contributed by atoms with Crippen LogP contribution in [0.25, 0.3) is 11.0 Å². The van der Waals surface area contributed by atoms with E-state index >= 15 is 0 Å². The molecule has 0 aliphatic heterocycles. The lowest BCUT2D eigenvalue weighted by atomic mass is 10.1. The standard InChI is InChI=1S/C12H18N4O/c1-7-6-9(3)14-12-10(7)11(15-16-12)13-8(2)4-5-17/h6,8,17H,4-5H2,1-3H3,(H2,13,14,15,16)/t8-/m0/s1. The van der Waals surface area contributed by atoms with E-state index in [0.717, 1.165) is 28.1 Å². The van der Waals surface area contributed by atoms with E-state index in [2.05, 4.69) is 27.4 Å². The van der Waals surface area contributed by atoms with Crippen LogP contribution in [0.1, 0.15) is 24.6 Å². The molecule has 92 valence electrons. The molecular weight excluding hydrogens is 216 g/mol. The number of H-pyrrole nitrogens is 1. The van der Waals surface area contributed by atoms with E-state index in [-0.39, 0.29) is 12.6 Å². The second-order valence-electron chi connectivity index (χ2n) is 4.43. The third-order valence-electron chi connectivity index (χ3n) is 2.80. The maximum absolute atomic E-state index is 8.89.